The Morgan fingerprint density at radius 3 is 3.11 bits per heavy atom. The van der Waals surface area contributed by atoms with E-state index in [0.717, 1.165) is 21.3 Å². The van der Waals surface area contributed by atoms with Crippen molar-refractivity contribution in [1.82, 2.24) is 14.9 Å². The maximum Gasteiger partial charge on any atom is 0.273 e. The van der Waals surface area contributed by atoms with E-state index in [1.807, 2.05) is 12.1 Å². The number of hydrogen-bond donors (Lipinski definition) is 2. The van der Waals surface area contributed by atoms with Crippen molar-refractivity contribution in [3.63, 3.8) is 0 Å². The van der Waals surface area contributed by atoms with E-state index in [1.54, 1.807) is 5.38 Å². The minimum absolute atomic E-state index is 0.216. The van der Waals surface area contributed by atoms with Gasteiger partial charge in [0.1, 0.15) is 0 Å². The second-order valence-electron chi connectivity index (χ2n) is 3.24. The van der Waals surface area contributed by atoms with Crippen molar-refractivity contribution < 1.29 is 4.79 Å². The number of thiophene rings is 1. The molecular weight excluding hydrogens is 268 g/mol. The maximum atomic E-state index is 11.6. The molecule has 2 aromatic rings. The Hall–Kier alpha value is -1.75. The molecule has 2 aromatic heterocycles. The number of nitrogens with one attached hydrogen (secondary N) is 1. The molecule has 0 saturated heterocycles. The Kier molecular flexibility index (Phi) is 4.41. The summed E-state index contributed by atoms with van der Waals surface area (Å²) in [6.45, 7) is 0.812. The predicted octanol–water partition coefficient (Wildman–Crippen LogP) is 0.840. The highest BCUT2D eigenvalue weighted by Gasteiger charge is 2.08. The predicted molar refractivity (Wildman–Crippen MR) is 71.3 cm³/mol. The molecule has 92 valence electrons. The van der Waals surface area contributed by atoms with Crippen molar-refractivity contribution in [1.29, 1.82) is 0 Å². The Balaban J connectivity index is 1.90. The van der Waals surface area contributed by atoms with Crippen molar-refractivity contribution in [3.05, 3.63) is 33.0 Å². The van der Waals surface area contributed by atoms with Gasteiger partial charge in [-0.3, -0.25) is 4.79 Å². The summed E-state index contributed by atoms with van der Waals surface area (Å²) in [6, 6.07) is 3.85. The van der Waals surface area contributed by atoms with Gasteiger partial charge in [0.2, 0.25) is 0 Å². The molecule has 0 aliphatic carbocycles. The molecule has 3 N–H and O–H groups in total. The summed E-state index contributed by atoms with van der Waals surface area (Å²) in [5, 5.41) is 8.08. The highest BCUT2D eigenvalue weighted by molar-refractivity contribution is 7.12. The second-order valence-corrected chi connectivity index (χ2v) is 5.02. The number of carbonyl (C=O) groups is 1. The number of nitrogens with two attached hydrogens (primary N) is 1. The summed E-state index contributed by atoms with van der Waals surface area (Å²) < 4.78 is 3.64. The summed E-state index contributed by atoms with van der Waals surface area (Å²) in [6.07, 6.45) is 0. The number of nitrogens with zero attached hydrogens (tertiary/aromatic N) is 2. The average Bonchev–Trinajstić information content (AvgIpc) is 3.04. The topological polar surface area (TPSA) is 80.9 Å². The minimum Gasteiger partial charge on any atom is -0.346 e. The molecule has 0 aliphatic rings. The van der Waals surface area contributed by atoms with Crippen LogP contribution in [0.3, 0.4) is 0 Å². The van der Waals surface area contributed by atoms with E-state index in [4.69, 9.17) is 5.73 Å². The molecule has 0 saturated carbocycles. The fourth-order valence-electron chi connectivity index (χ4n) is 1.20. The van der Waals surface area contributed by atoms with E-state index < -0.39 is 0 Å². The number of amides is 1. The van der Waals surface area contributed by atoms with Gasteiger partial charge in [-0.1, -0.05) is 16.3 Å². The summed E-state index contributed by atoms with van der Waals surface area (Å²) in [5.41, 5.74) is 5.64. The van der Waals surface area contributed by atoms with Crippen LogP contribution < -0.4 is 11.1 Å². The van der Waals surface area contributed by atoms with Gasteiger partial charge in [-0.25, -0.2) is 0 Å². The van der Waals surface area contributed by atoms with E-state index in [9.17, 15) is 4.79 Å². The van der Waals surface area contributed by atoms with Gasteiger partial charge in [0, 0.05) is 10.3 Å². The van der Waals surface area contributed by atoms with E-state index in [0.29, 0.717) is 18.8 Å². The Morgan fingerprint density at radius 1 is 1.50 bits per heavy atom. The van der Waals surface area contributed by atoms with E-state index >= 15 is 0 Å². The van der Waals surface area contributed by atoms with Gasteiger partial charge in [-0.2, -0.15) is 0 Å². The van der Waals surface area contributed by atoms with Crippen LogP contribution in [0, 0.1) is 11.8 Å². The molecule has 0 unspecified atom stereocenters. The standard InChI is InChI=1S/C11H10N4OS2/c12-5-1-2-8-3-4-9(18-8)6-13-11(16)10-7-17-15-14-10/h3-4,7H,5-6,12H2,(H,13,16). The average molecular weight is 278 g/mol. The molecule has 0 aromatic carbocycles. The zero-order chi connectivity index (χ0) is 12.8. The second kappa shape index (κ2) is 6.26. The van der Waals surface area contributed by atoms with Gasteiger partial charge >= 0.3 is 0 Å². The monoisotopic (exact) mass is 278 g/mol. The van der Waals surface area contributed by atoms with Crippen LogP contribution in [0.5, 0.6) is 0 Å². The molecule has 0 spiro atoms. The van der Waals surface area contributed by atoms with Gasteiger partial charge in [-0.15, -0.1) is 16.4 Å². The minimum atomic E-state index is -0.216. The highest BCUT2D eigenvalue weighted by atomic mass is 32.1. The summed E-state index contributed by atoms with van der Waals surface area (Å²) in [5.74, 6) is 5.52. The lowest BCUT2D eigenvalue weighted by Crippen LogP contribution is -2.22. The van der Waals surface area contributed by atoms with E-state index in [-0.39, 0.29) is 5.91 Å². The third-order valence-electron chi connectivity index (χ3n) is 1.99. The van der Waals surface area contributed by atoms with Crippen LogP contribution in [-0.4, -0.2) is 22.0 Å². The SMILES string of the molecule is NCC#Cc1ccc(CNC(=O)c2csnn2)s1. The Labute approximate surface area is 112 Å². The number of hydrogen-bond acceptors (Lipinski definition) is 6. The van der Waals surface area contributed by atoms with Crippen LogP contribution >= 0.6 is 22.9 Å². The molecule has 2 heterocycles. The van der Waals surface area contributed by atoms with Crippen LogP contribution in [0.2, 0.25) is 0 Å². The molecule has 0 aliphatic heterocycles. The first-order valence-electron chi connectivity index (χ1n) is 5.12. The van der Waals surface area contributed by atoms with Crippen molar-refractivity contribution >= 4 is 28.8 Å². The molecule has 0 fully saturated rings. The number of rotatable bonds is 3. The molecule has 0 atom stereocenters. The first-order valence-corrected chi connectivity index (χ1v) is 6.78. The first-order chi connectivity index (χ1) is 8.79. The van der Waals surface area contributed by atoms with Crippen LogP contribution in [0.25, 0.3) is 0 Å². The van der Waals surface area contributed by atoms with Crippen LogP contribution in [0.4, 0.5) is 0 Å². The molecular formula is C11H10N4OS2. The smallest absolute Gasteiger partial charge is 0.273 e. The van der Waals surface area contributed by atoms with Gasteiger partial charge in [0.05, 0.1) is 18.0 Å². The fourth-order valence-corrected chi connectivity index (χ4v) is 2.46. The number of carbonyl (C=O) groups excluding carboxylic acids is 1. The lowest BCUT2D eigenvalue weighted by atomic mass is 10.4. The first kappa shape index (κ1) is 12.7. The third-order valence-corrected chi connectivity index (χ3v) is 3.50. The molecule has 18 heavy (non-hydrogen) atoms. The summed E-state index contributed by atoms with van der Waals surface area (Å²) in [4.78, 5) is 13.6. The fraction of sp³-hybridized carbons (Fsp3) is 0.182. The Morgan fingerprint density at radius 2 is 2.39 bits per heavy atom. The Bertz CT molecular complexity index is 580. The van der Waals surface area contributed by atoms with Gasteiger partial charge in [0.15, 0.2) is 5.69 Å². The van der Waals surface area contributed by atoms with Crippen LogP contribution in [-0.2, 0) is 6.54 Å². The zero-order valence-corrected chi connectivity index (χ0v) is 11.0. The van der Waals surface area contributed by atoms with Gasteiger partial charge < -0.3 is 11.1 Å². The van der Waals surface area contributed by atoms with Crippen LogP contribution in [0.1, 0.15) is 20.2 Å². The van der Waals surface area contributed by atoms with Gasteiger partial charge in [0.25, 0.3) is 5.91 Å². The maximum absolute atomic E-state index is 11.6. The van der Waals surface area contributed by atoms with Crippen molar-refractivity contribution in [2.45, 2.75) is 6.54 Å². The summed E-state index contributed by atoms with van der Waals surface area (Å²) >= 11 is 2.69. The molecule has 1 amide bonds. The third kappa shape index (κ3) is 3.37. The molecule has 7 heteroatoms. The van der Waals surface area contributed by atoms with Crippen molar-refractivity contribution in [2.24, 2.45) is 5.73 Å². The highest BCUT2D eigenvalue weighted by Crippen LogP contribution is 2.15. The zero-order valence-electron chi connectivity index (χ0n) is 9.34. The van der Waals surface area contributed by atoms with Crippen molar-refractivity contribution in [2.75, 3.05) is 6.54 Å². The number of aromatic nitrogens is 2. The lowest BCUT2D eigenvalue weighted by Gasteiger charge is -1.99. The van der Waals surface area contributed by atoms with E-state index in [2.05, 4.69) is 26.7 Å². The van der Waals surface area contributed by atoms with Crippen LogP contribution in [0.15, 0.2) is 17.5 Å². The van der Waals surface area contributed by atoms with Crippen molar-refractivity contribution in [3.8, 4) is 11.8 Å². The molecule has 5 nitrogen and oxygen atoms in total. The lowest BCUT2D eigenvalue weighted by molar-refractivity contribution is 0.0946. The largest absolute Gasteiger partial charge is 0.346 e. The van der Waals surface area contributed by atoms with Gasteiger partial charge in [-0.05, 0) is 23.7 Å². The molecule has 0 bridgehead atoms. The quantitative estimate of drug-likeness (QED) is 0.815. The summed E-state index contributed by atoms with van der Waals surface area (Å²) in [7, 11) is 0. The molecule has 0 radical (unpaired) electrons. The van der Waals surface area contributed by atoms with E-state index in [1.165, 1.54) is 11.3 Å². The normalized spacial score (nSPS) is 9.61. The molecule has 2 rings (SSSR count).